The van der Waals surface area contributed by atoms with E-state index in [0.29, 0.717) is 17.1 Å². The van der Waals surface area contributed by atoms with Crippen LogP contribution in [0.25, 0.3) is 0 Å². The van der Waals surface area contributed by atoms with Gasteiger partial charge < -0.3 is 28.8 Å². The molecule has 0 spiro atoms. The summed E-state index contributed by atoms with van der Waals surface area (Å²) < 4.78 is 27.9. The zero-order chi connectivity index (χ0) is 28.3. The van der Waals surface area contributed by atoms with Gasteiger partial charge in [-0.15, -0.1) is 0 Å². The van der Waals surface area contributed by atoms with E-state index in [4.69, 9.17) is 23.7 Å². The Bertz CT molecular complexity index is 1180. The lowest BCUT2D eigenvalue weighted by Crippen LogP contribution is -2.63. The molecule has 0 aromatic heterocycles. The van der Waals surface area contributed by atoms with Crippen molar-refractivity contribution in [2.45, 2.75) is 30.7 Å². The molecule has 40 heavy (non-hydrogen) atoms. The first kappa shape index (κ1) is 28.4. The molecule has 0 radical (unpaired) electrons. The monoisotopic (exact) mass is 551 g/mol. The SMILES string of the molecule is CO[C@H]1O[C@H](CO)[C@@H](OC(=O)Nc2ccccc2)[C@H](OC(=O)Nc2ccccc2)[C@H]1OC(=O)Nc1ccccc1. The molecule has 210 valence electrons. The van der Waals surface area contributed by atoms with E-state index < -0.39 is 55.6 Å². The fraction of sp³-hybridized carbons (Fsp3) is 0.250. The molecule has 12 heteroatoms. The fourth-order valence-corrected chi connectivity index (χ4v) is 3.99. The van der Waals surface area contributed by atoms with Crippen molar-refractivity contribution in [3.63, 3.8) is 0 Å². The fourth-order valence-electron chi connectivity index (χ4n) is 3.99. The van der Waals surface area contributed by atoms with Crippen LogP contribution in [0.4, 0.5) is 31.4 Å². The van der Waals surface area contributed by atoms with Gasteiger partial charge in [-0.3, -0.25) is 16.0 Å². The molecule has 0 aliphatic carbocycles. The Labute approximate surface area is 230 Å². The molecule has 1 saturated heterocycles. The molecule has 4 N–H and O–H groups in total. The van der Waals surface area contributed by atoms with E-state index in [0.717, 1.165) is 0 Å². The molecule has 3 amide bonds. The van der Waals surface area contributed by atoms with Gasteiger partial charge in [-0.2, -0.15) is 0 Å². The lowest BCUT2D eigenvalue weighted by molar-refractivity contribution is -0.290. The molecule has 5 atom stereocenters. The predicted molar refractivity (Wildman–Crippen MR) is 144 cm³/mol. The summed E-state index contributed by atoms with van der Waals surface area (Å²) in [6.45, 7) is -0.633. The zero-order valence-corrected chi connectivity index (χ0v) is 21.5. The maximum atomic E-state index is 12.9. The van der Waals surface area contributed by atoms with E-state index in [2.05, 4.69) is 16.0 Å². The maximum absolute atomic E-state index is 12.9. The van der Waals surface area contributed by atoms with Crippen LogP contribution in [-0.2, 0) is 23.7 Å². The molecule has 1 aliphatic rings. The number of anilines is 3. The number of amides is 3. The van der Waals surface area contributed by atoms with Crippen molar-refractivity contribution in [3.8, 4) is 0 Å². The van der Waals surface area contributed by atoms with Crippen LogP contribution >= 0.6 is 0 Å². The largest absolute Gasteiger partial charge is 0.439 e. The Kier molecular flexibility index (Phi) is 9.88. The molecule has 0 bridgehead atoms. The number of rotatable bonds is 8. The topological polar surface area (TPSA) is 154 Å². The maximum Gasteiger partial charge on any atom is 0.412 e. The summed E-state index contributed by atoms with van der Waals surface area (Å²) in [6, 6.07) is 25.5. The third kappa shape index (κ3) is 7.69. The number of carbonyl (C=O) groups excluding carboxylic acids is 3. The molecule has 1 aliphatic heterocycles. The number of hydrogen-bond donors (Lipinski definition) is 4. The lowest BCUT2D eigenvalue weighted by atomic mass is 9.98. The van der Waals surface area contributed by atoms with Crippen molar-refractivity contribution in [1.29, 1.82) is 0 Å². The number of methoxy groups -OCH3 is 1. The second kappa shape index (κ2) is 13.9. The number of aliphatic hydroxyl groups excluding tert-OH is 1. The van der Waals surface area contributed by atoms with E-state index in [9.17, 15) is 19.5 Å². The van der Waals surface area contributed by atoms with Crippen LogP contribution in [0.3, 0.4) is 0 Å². The predicted octanol–water partition coefficient (Wildman–Crippen LogP) is 4.20. The highest BCUT2D eigenvalue weighted by atomic mass is 16.7. The molecule has 12 nitrogen and oxygen atoms in total. The first-order valence-corrected chi connectivity index (χ1v) is 12.3. The van der Waals surface area contributed by atoms with Crippen LogP contribution in [0.15, 0.2) is 91.0 Å². The minimum Gasteiger partial charge on any atom is -0.439 e. The van der Waals surface area contributed by atoms with Crippen LogP contribution < -0.4 is 16.0 Å². The highest BCUT2D eigenvalue weighted by molar-refractivity contribution is 5.86. The van der Waals surface area contributed by atoms with Gasteiger partial charge in [0.15, 0.2) is 24.6 Å². The van der Waals surface area contributed by atoms with Crippen molar-refractivity contribution >= 4 is 35.3 Å². The Morgan fingerprint density at radius 3 is 1.40 bits per heavy atom. The van der Waals surface area contributed by atoms with Crippen molar-refractivity contribution in [2.24, 2.45) is 0 Å². The number of aliphatic hydroxyl groups is 1. The summed E-state index contributed by atoms with van der Waals surface area (Å²) in [7, 11) is 1.29. The minimum absolute atomic E-state index is 0.431. The minimum atomic E-state index is -1.46. The highest BCUT2D eigenvalue weighted by Gasteiger charge is 2.52. The Morgan fingerprint density at radius 1 is 0.650 bits per heavy atom. The van der Waals surface area contributed by atoms with Gasteiger partial charge in [-0.25, -0.2) is 14.4 Å². The van der Waals surface area contributed by atoms with Crippen LogP contribution in [0.5, 0.6) is 0 Å². The second-order valence-electron chi connectivity index (χ2n) is 8.54. The molecule has 3 aromatic carbocycles. The van der Waals surface area contributed by atoms with E-state index in [1.165, 1.54) is 7.11 Å². The average Bonchev–Trinajstić information content (AvgIpc) is 2.96. The van der Waals surface area contributed by atoms with Gasteiger partial charge >= 0.3 is 18.3 Å². The zero-order valence-electron chi connectivity index (χ0n) is 21.5. The lowest BCUT2D eigenvalue weighted by Gasteiger charge is -2.43. The number of nitrogens with one attached hydrogen (secondary N) is 3. The van der Waals surface area contributed by atoms with Gasteiger partial charge in [0.2, 0.25) is 0 Å². The summed E-state index contributed by atoms with van der Waals surface area (Å²) in [5.41, 5.74) is 1.31. The molecule has 4 rings (SSSR count). The average molecular weight is 552 g/mol. The van der Waals surface area contributed by atoms with Gasteiger partial charge in [-0.05, 0) is 36.4 Å². The second-order valence-corrected chi connectivity index (χ2v) is 8.54. The van der Waals surface area contributed by atoms with Gasteiger partial charge in [0.25, 0.3) is 0 Å². The van der Waals surface area contributed by atoms with E-state index in [-0.39, 0.29) is 0 Å². The normalized spacial score (nSPS) is 21.9. The van der Waals surface area contributed by atoms with Crippen LogP contribution in [0, 0.1) is 0 Å². The highest BCUT2D eigenvalue weighted by Crippen LogP contribution is 2.30. The summed E-state index contributed by atoms with van der Waals surface area (Å²) in [6.07, 6.45) is -9.51. The van der Waals surface area contributed by atoms with Crippen LogP contribution in [-0.4, -0.2) is 67.8 Å². The van der Waals surface area contributed by atoms with Crippen molar-refractivity contribution in [3.05, 3.63) is 91.0 Å². The molecule has 0 unspecified atom stereocenters. The summed E-state index contributed by atoms with van der Waals surface area (Å²) >= 11 is 0. The third-order valence-corrected chi connectivity index (χ3v) is 5.79. The third-order valence-electron chi connectivity index (χ3n) is 5.79. The van der Waals surface area contributed by atoms with Gasteiger partial charge in [0.05, 0.1) is 6.61 Å². The number of hydrogen-bond acceptors (Lipinski definition) is 9. The molecular formula is C28H29N3O9. The summed E-state index contributed by atoms with van der Waals surface area (Å²) in [4.78, 5) is 38.5. The van der Waals surface area contributed by atoms with E-state index in [1.54, 1.807) is 91.0 Å². The van der Waals surface area contributed by atoms with Crippen LogP contribution in [0.2, 0.25) is 0 Å². The van der Waals surface area contributed by atoms with E-state index in [1.807, 2.05) is 0 Å². The van der Waals surface area contributed by atoms with Gasteiger partial charge in [0.1, 0.15) is 6.10 Å². The molecule has 0 saturated carbocycles. The Hall–Kier alpha value is -4.65. The number of para-hydroxylation sites is 3. The first-order valence-electron chi connectivity index (χ1n) is 12.3. The molecule has 1 fully saturated rings. The molecule has 3 aromatic rings. The van der Waals surface area contributed by atoms with Crippen molar-refractivity contribution < 1.29 is 43.2 Å². The van der Waals surface area contributed by atoms with Gasteiger partial charge in [0, 0.05) is 24.2 Å². The Morgan fingerprint density at radius 2 is 1.02 bits per heavy atom. The molecular weight excluding hydrogens is 522 g/mol. The van der Waals surface area contributed by atoms with Crippen molar-refractivity contribution in [1.82, 2.24) is 0 Å². The number of benzene rings is 3. The summed E-state index contributed by atoms with van der Waals surface area (Å²) in [5, 5.41) is 17.7. The van der Waals surface area contributed by atoms with E-state index >= 15 is 0 Å². The molecule has 1 heterocycles. The van der Waals surface area contributed by atoms with Gasteiger partial charge in [-0.1, -0.05) is 54.6 Å². The number of ether oxygens (including phenoxy) is 5. The smallest absolute Gasteiger partial charge is 0.412 e. The van der Waals surface area contributed by atoms with Crippen LogP contribution in [0.1, 0.15) is 0 Å². The van der Waals surface area contributed by atoms with Crippen molar-refractivity contribution in [2.75, 3.05) is 29.7 Å². The number of carbonyl (C=O) groups is 3. The summed E-state index contributed by atoms with van der Waals surface area (Å²) in [5.74, 6) is 0. The standard InChI is InChI=1S/C28H29N3O9/c1-36-25-24(40-28(35)31-20-15-9-4-10-16-20)23(39-27(34)30-19-13-7-3-8-14-19)22(21(17-32)37-25)38-26(33)29-18-11-5-2-6-12-18/h2-16,21-25,32H,17H2,1H3,(H,29,33)(H,30,34)(H,31,35)/t21-,22-,23+,24-,25+/m1/s1. The Balaban J connectivity index is 1.58. The quantitative estimate of drug-likeness (QED) is 0.302. The first-order chi connectivity index (χ1) is 19.5.